The Morgan fingerprint density at radius 2 is 1.59 bits per heavy atom. The van der Waals surface area contributed by atoms with Crippen molar-refractivity contribution in [3.63, 3.8) is 0 Å². The highest BCUT2D eigenvalue weighted by atomic mass is 16.5. The predicted octanol–water partition coefficient (Wildman–Crippen LogP) is 2.79. The van der Waals surface area contributed by atoms with E-state index in [1.165, 1.54) is 22.3 Å². The Kier molecular flexibility index (Phi) is 2.83. The number of nitrogens with two attached hydrogens (primary N) is 1. The van der Waals surface area contributed by atoms with Gasteiger partial charge in [0.05, 0.1) is 18.8 Å². The molecular formula is C15H23NO. The molecule has 0 unspecified atom stereocenters. The van der Waals surface area contributed by atoms with Crippen LogP contribution in [-0.2, 0) is 15.7 Å². The molecule has 0 amide bonds. The lowest BCUT2D eigenvalue weighted by Gasteiger charge is -2.40. The molecular weight excluding hydrogens is 210 g/mol. The summed E-state index contributed by atoms with van der Waals surface area (Å²) >= 11 is 0. The maximum absolute atomic E-state index is 6.36. The van der Waals surface area contributed by atoms with Gasteiger partial charge >= 0.3 is 0 Å². The Balaban J connectivity index is 2.50. The first kappa shape index (κ1) is 12.6. The Morgan fingerprint density at radius 3 is 1.88 bits per heavy atom. The van der Waals surface area contributed by atoms with Crippen LogP contribution in [-0.4, -0.2) is 13.2 Å². The van der Waals surface area contributed by atoms with Gasteiger partial charge < -0.3 is 10.5 Å². The van der Waals surface area contributed by atoms with E-state index in [1.54, 1.807) is 0 Å². The molecule has 0 aromatic heterocycles. The fourth-order valence-corrected chi connectivity index (χ4v) is 2.65. The van der Waals surface area contributed by atoms with Crippen LogP contribution in [0.25, 0.3) is 0 Å². The molecule has 2 nitrogen and oxygen atoms in total. The van der Waals surface area contributed by atoms with Gasteiger partial charge in [-0.15, -0.1) is 0 Å². The van der Waals surface area contributed by atoms with Crippen molar-refractivity contribution in [3.05, 3.63) is 34.4 Å². The minimum atomic E-state index is -0.259. The highest BCUT2D eigenvalue weighted by Gasteiger charge is 2.38. The van der Waals surface area contributed by atoms with Gasteiger partial charge in [0.2, 0.25) is 0 Å². The average Bonchev–Trinajstić information content (AvgIpc) is 2.12. The van der Waals surface area contributed by atoms with Crippen LogP contribution >= 0.6 is 0 Å². The summed E-state index contributed by atoms with van der Waals surface area (Å²) in [6, 6.07) is 4.55. The predicted molar refractivity (Wildman–Crippen MR) is 71.3 cm³/mol. The van der Waals surface area contributed by atoms with Crippen LogP contribution < -0.4 is 5.73 Å². The Morgan fingerprint density at radius 1 is 1.12 bits per heavy atom. The summed E-state index contributed by atoms with van der Waals surface area (Å²) < 4.78 is 5.27. The summed E-state index contributed by atoms with van der Waals surface area (Å²) in [5.41, 5.74) is 11.5. The zero-order valence-corrected chi connectivity index (χ0v) is 11.6. The van der Waals surface area contributed by atoms with Crippen molar-refractivity contribution in [1.29, 1.82) is 0 Å². The van der Waals surface area contributed by atoms with Gasteiger partial charge in [-0.3, -0.25) is 0 Å². The van der Waals surface area contributed by atoms with E-state index in [0.717, 1.165) is 0 Å². The van der Waals surface area contributed by atoms with Gasteiger partial charge in [-0.25, -0.2) is 0 Å². The molecule has 17 heavy (non-hydrogen) atoms. The third-order valence-electron chi connectivity index (χ3n) is 3.62. The Bertz CT molecular complexity index is 416. The van der Waals surface area contributed by atoms with E-state index in [4.69, 9.17) is 10.5 Å². The molecule has 0 aliphatic carbocycles. The molecule has 2 rings (SSSR count). The lowest BCUT2D eigenvalue weighted by Crippen LogP contribution is -2.55. The van der Waals surface area contributed by atoms with Crippen LogP contribution in [0.4, 0.5) is 0 Å². The molecule has 94 valence electrons. The average molecular weight is 233 g/mol. The van der Waals surface area contributed by atoms with Gasteiger partial charge in [0.1, 0.15) is 0 Å². The number of ether oxygens (including phenoxy) is 1. The fraction of sp³-hybridized carbons (Fsp3) is 0.600. The highest BCUT2D eigenvalue weighted by molar-refractivity contribution is 5.45. The van der Waals surface area contributed by atoms with E-state index in [1.807, 2.05) is 0 Å². The standard InChI is InChI=1S/C15H23NO/c1-10-6-12(14(3,4)5)7-11(2)13(10)15(16)8-17-9-15/h6-7H,8-9,16H2,1-5H3. The Labute approximate surface area is 104 Å². The van der Waals surface area contributed by atoms with E-state index in [0.29, 0.717) is 13.2 Å². The third kappa shape index (κ3) is 2.12. The number of hydrogen-bond donors (Lipinski definition) is 1. The molecule has 2 heteroatoms. The van der Waals surface area contributed by atoms with Crippen LogP contribution in [0.5, 0.6) is 0 Å². The summed E-state index contributed by atoms with van der Waals surface area (Å²) in [5.74, 6) is 0. The second-order valence-electron chi connectivity index (χ2n) is 6.38. The number of aryl methyl sites for hydroxylation is 2. The summed E-state index contributed by atoms with van der Waals surface area (Å²) in [4.78, 5) is 0. The molecule has 1 aliphatic heterocycles. The highest BCUT2D eigenvalue weighted by Crippen LogP contribution is 2.34. The van der Waals surface area contributed by atoms with Gasteiger partial charge in [-0.1, -0.05) is 32.9 Å². The number of benzene rings is 1. The van der Waals surface area contributed by atoms with E-state index in [2.05, 4.69) is 46.8 Å². The summed E-state index contributed by atoms with van der Waals surface area (Å²) in [7, 11) is 0. The first-order valence-corrected chi connectivity index (χ1v) is 6.23. The monoisotopic (exact) mass is 233 g/mol. The number of rotatable bonds is 1. The lowest BCUT2D eigenvalue weighted by atomic mass is 9.78. The van der Waals surface area contributed by atoms with E-state index in [-0.39, 0.29) is 11.0 Å². The molecule has 1 saturated heterocycles. The summed E-state index contributed by atoms with van der Waals surface area (Å²) in [6.07, 6.45) is 0. The lowest BCUT2D eigenvalue weighted by molar-refractivity contribution is -0.0575. The zero-order valence-electron chi connectivity index (χ0n) is 11.6. The molecule has 0 bridgehead atoms. The summed E-state index contributed by atoms with van der Waals surface area (Å²) in [6.45, 7) is 12.3. The molecule has 2 N–H and O–H groups in total. The smallest absolute Gasteiger partial charge is 0.0888 e. The minimum Gasteiger partial charge on any atom is -0.377 e. The minimum absolute atomic E-state index is 0.186. The molecule has 1 aliphatic rings. The topological polar surface area (TPSA) is 35.2 Å². The van der Waals surface area contributed by atoms with Crippen molar-refractivity contribution >= 4 is 0 Å². The molecule has 1 aromatic rings. The van der Waals surface area contributed by atoms with E-state index in [9.17, 15) is 0 Å². The SMILES string of the molecule is Cc1cc(C(C)(C)C)cc(C)c1C1(N)COC1. The van der Waals surface area contributed by atoms with Gasteiger partial charge in [0.15, 0.2) is 0 Å². The van der Waals surface area contributed by atoms with Crippen molar-refractivity contribution in [1.82, 2.24) is 0 Å². The molecule has 1 fully saturated rings. The fourth-order valence-electron chi connectivity index (χ4n) is 2.65. The maximum atomic E-state index is 6.36. The largest absolute Gasteiger partial charge is 0.377 e. The van der Waals surface area contributed by atoms with E-state index >= 15 is 0 Å². The van der Waals surface area contributed by atoms with Crippen LogP contribution in [0.2, 0.25) is 0 Å². The second-order valence-corrected chi connectivity index (χ2v) is 6.38. The van der Waals surface area contributed by atoms with Crippen molar-refractivity contribution in [2.24, 2.45) is 5.73 Å². The molecule has 0 radical (unpaired) electrons. The van der Waals surface area contributed by atoms with Crippen molar-refractivity contribution < 1.29 is 4.74 Å². The first-order chi connectivity index (χ1) is 7.74. The van der Waals surface area contributed by atoms with Crippen LogP contribution in [0.3, 0.4) is 0 Å². The number of hydrogen-bond acceptors (Lipinski definition) is 2. The third-order valence-corrected chi connectivity index (χ3v) is 3.62. The molecule has 1 aromatic carbocycles. The zero-order chi connectivity index (χ0) is 12.8. The Hall–Kier alpha value is -0.860. The normalized spacial score (nSPS) is 18.9. The molecule has 0 atom stereocenters. The first-order valence-electron chi connectivity index (χ1n) is 6.23. The molecule has 0 saturated carbocycles. The van der Waals surface area contributed by atoms with Gasteiger partial charge in [0.25, 0.3) is 0 Å². The molecule has 0 spiro atoms. The van der Waals surface area contributed by atoms with Crippen molar-refractivity contribution in [2.45, 2.75) is 45.6 Å². The summed E-state index contributed by atoms with van der Waals surface area (Å²) in [5, 5.41) is 0. The van der Waals surface area contributed by atoms with Crippen molar-refractivity contribution in [3.8, 4) is 0 Å². The van der Waals surface area contributed by atoms with Gasteiger partial charge in [0, 0.05) is 0 Å². The van der Waals surface area contributed by atoms with Gasteiger partial charge in [-0.2, -0.15) is 0 Å². The van der Waals surface area contributed by atoms with Gasteiger partial charge in [-0.05, 0) is 41.5 Å². The van der Waals surface area contributed by atoms with Crippen LogP contribution in [0.1, 0.15) is 43.0 Å². The second kappa shape index (κ2) is 3.82. The van der Waals surface area contributed by atoms with E-state index < -0.39 is 0 Å². The quantitative estimate of drug-likeness (QED) is 0.809. The van der Waals surface area contributed by atoms with Crippen molar-refractivity contribution in [2.75, 3.05) is 13.2 Å². The maximum Gasteiger partial charge on any atom is 0.0888 e. The molecule has 1 heterocycles. The van der Waals surface area contributed by atoms with Crippen LogP contribution in [0, 0.1) is 13.8 Å². The van der Waals surface area contributed by atoms with Crippen LogP contribution in [0.15, 0.2) is 12.1 Å².